The normalized spacial score (nSPS) is 19.4. The van der Waals surface area contributed by atoms with E-state index in [9.17, 15) is 9.59 Å². The highest BCUT2D eigenvalue weighted by atomic mass is 16.5. The number of methoxy groups -OCH3 is 1. The second-order valence-electron chi connectivity index (χ2n) is 5.75. The molecule has 1 aliphatic heterocycles. The van der Waals surface area contributed by atoms with E-state index in [1.165, 1.54) is 7.11 Å². The number of carbonyl (C=O) groups is 2. The standard InChI is InChI=1S/C17H24N2O3/c1-13-8-6-7-11-19(13)17(21)18-15(16(20)22-2)12-14-9-4-3-5-10-14/h3-5,9-10,13,15H,6-8,11-12H2,1-2H3,(H,18,21)/t13-,15+/m1/s1. The molecule has 2 amide bonds. The van der Waals surface area contributed by atoms with Crippen LogP contribution in [0.1, 0.15) is 31.7 Å². The Morgan fingerprint density at radius 2 is 2.05 bits per heavy atom. The van der Waals surface area contributed by atoms with Gasteiger partial charge in [0.1, 0.15) is 6.04 Å². The maximum Gasteiger partial charge on any atom is 0.328 e. The molecule has 1 aliphatic rings. The Hall–Kier alpha value is -2.04. The minimum Gasteiger partial charge on any atom is -0.467 e. The van der Waals surface area contributed by atoms with E-state index >= 15 is 0 Å². The molecule has 22 heavy (non-hydrogen) atoms. The molecule has 1 fully saturated rings. The molecule has 5 nitrogen and oxygen atoms in total. The Morgan fingerprint density at radius 3 is 2.68 bits per heavy atom. The van der Waals surface area contributed by atoms with Crippen LogP contribution in [0.25, 0.3) is 0 Å². The highest BCUT2D eigenvalue weighted by Crippen LogP contribution is 2.16. The summed E-state index contributed by atoms with van der Waals surface area (Å²) in [6.45, 7) is 2.79. The zero-order chi connectivity index (χ0) is 15.9. The lowest BCUT2D eigenvalue weighted by atomic mass is 10.0. The third-order valence-corrected chi connectivity index (χ3v) is 4.13. The van der Waals surface area contributed by atoms with Crippen LogP contribution in [0, 0.1) is 0 Å². The van der Waals surface area contributed by atoms with Crippen molar-refractivity contribution in [3.63, 3.8) is 0 Å². The number of hydrogen-bond acceptors (Lipinski definition) is 3. The van der Waals surface area contributed by atoms with Crippen molar-refractivity contribution in [1.29, 1.82) is 0 Å². The monoisotopic (exact) mass is 304 g/mol. The van der Waals surface area contributed by atoms with Gasteiger partial charge < -0.3 is 15.0 Å². The number of rotatable bonds is 4. The minimum atomic E-state index is -0.658. The van der Waals surface area contributed by atoms with E-state index in [1.807, 2.05) is 42.2 Å². The molecule has 5 heteroatoms. The molecule has 0 spiro atoms. The minimum absolute atomic E-state index is 0.182. The van der Waals surface area contributed by atoms with Crippen molar-refractivity contribution in [3.05, 3.63) is 35.9 Å². The highest BCUT2D eigenvalue weighted by Gasteiger charge is 2.28. The van der Waals surface area contributed by atoms with Gasteiger partial charge in [0, 0.05) is 19.0 Å². The van der Waals surface area contributed by atoms with Crippen LogP contribution in [-0.2, 0) is 16.0 Å². The lowest BCUT2D eigenvalue weighted by molar-refractivity contribution is -0.142. The molecule has 1 saturated heterocycles. The summed E-state index contributed by atoms with van der Waals surface area (Å²) in [5, 5.41) is 2.83. The molecule has 2 rings (SSSR count). The van der Waals surface area contributed by atoms with Gasteiger partial charge in [-0.1, -0.05) is 30.3 Å². The summed E-state index contributed by atoms with van der Waals surface area (Å²) in [7, 11) is 1.34. The van der Waals surface area contributed by atoms with Gasteiger partial charge >= 0.3 is 12.0 Å². The molecule has 0 radical (unpaired) electrons. The van der Waals surface area contributed by atoms with Gasteiger partial charge in [-0.05, 0) is 31.7 Å². The topological polar surface area (TPSA) is 58.6 Å². The van der Waals surface area contributed by atoms with Gasteiger partial charge in [-0.15, -0.1) is 0 Å². The molecule has 0 aromatic heterocycles. The number of amides is 2. The third kappa shape index (κ3) is 4.23. The maximum absolute atomic E-state index is 12.4. The molecule has 1 N–H and O–H groups in total. The lowest BCUT2D eigenvalue weighted by Crippen LogP contribution is -2.53. The molecular formula is C17H24N2O3. The number of nitrogens with one attached hydrogen (secondary N) is 1. The van der Waals surface area contributed by atoms with Crippen molar-refractivity contribution in [2.75, 3.05) is 13.7 Å². The van der Waals surface area contributed by atoms with E-state index in [0.717, 1.165) is 31.4 Å². The van der Waals surface area contributed by atoms with Gasteiger partial charge in [0.15, 0.2) is 0 Å². The van der Waals surface area contributed by atoms with E-state index in [1.54, 1.807) is 0 Å². The van der Waals surface area contributed by atoms with Crippen LogP contribution in [0.15, 0.2) is 30.3 Å². The van der Waals surface area contributed by atoms with Gasteiger partial charge in [0.05, 0.1) is 7.11 Å². The molecular weight excluding hydrogens is 280 g/mol. The van der Waals surface area contributed by atoms with Crippen LogP contribution in [0.4, 0.5) is 4.79 Å². The Kier molecular flexibility index (Phi) is 5.81. The fourth-order valence-electron chi connectivity index (χ4n) is 2.82. The van der Waals surface area contributed by atoms with Gasteiger partial charge in [-0.3, -0.25) is 0 Å². The quantitative estimate of drug-likeness (QED) is 0.869. The van der Waals surface area contributed by atoms with Crippen molar-refractivity contribution < 1.29 is 14.3 Å². The molecule has 1 heterocycles. The Labute approximate surface area is 131 Å². The molecule has 1 aromatic carbocycles. The first-order chi connectivity index (χ1) is 10.6. The average Bonchev–Trinajstić information content (AvgIpc) is 2.54. The average molecular weight is 304 g/mol. The summed E-state index contributed by atoms with van der Waals surface area (Å²) in [4.78, 5) is 26.2. The molecule has 120 valence electrons. The Bertz CT molecular complexity index is 504. The largest absolute Gasteiger partial charge is 0.467 e. The first-order valence-corrected chi connectivity index (χ1v) is 7.80. The molecule has 0 aliphatic carbocycles. The number of hydrogen-bond donors (Lipinski definition) is 1. The summed E-state index contributed by atoms with van der Waals surface area (Å²) in [6, 6.07) is 8.99. The Morgan fingerprint density at radius 1 is 1.32 bits per heavy atom. The van der Waals surface area contributed by atoms with Crippen molar-refractivity contribution in [1.82, 2.24) is 10.2 Å². The number of carbonyl (C=O) groups excluding carboxylic acids is 2. The van der Waals surface area contributed by atoms with Crippen LogP contribution in [-0.4, -0.2) is 42.6 Å². The van der Waals surface area contributed by atoms with Crippen LogP contribution in [0.2, 0.25) is 0 Å². The van der Waals surface area contributed by atoms with Crippen LogP contribution >= 0.6 is 0 Å². The SMILES string of the molecule is COC(=O)[C@H](Cc1ccccc1)NC(=O)N1CCCC[C@H]1C. The van der Waals surface area contributed by atoms with E-state index in [2.05, 4.69) is 5.32 Å². The zero-order valence-corrected chi connectivity index (χ0v) is 13.2. The zero-order valence-electron chi connectivity index (χ0n) is 13.2. The lowest BCUT2D eigenvalue weighted by Gasteiger charge is -2.34. The number of benzene rings is 1. The molecule has 0 unspecified atom stereocenters. The maximum atomic E-state index is 12.4. The summed E-state index contributed by atoms with van der Waals surface area (Å²) in [6.07, 6.45) is 3.60. The van der Waals surface area contributed by atoms with Crippen LogP contribution < -0.4 is 5.32 Å². The van der Waals surface area contributed by atoms with Gasteiger partial charge in [-0.25, -0.2) is 9.59 Å². The number of nitrogens with zero attached hydrogens (tertiary/aromatic N) is 1. The number of esters is 1. The second-order valence-corrected chi connectivity index (χ2v) is 5.75. The summed E-state index contributed by atoms with van der Waals surface area (Å²) >= 11 is 0. The van der Waals surface area contributed by atoms with E-state index in [4.69, 9.17) is 4.74 Å². The van der Waals surface area contributed by atoms with Gasteiger partial charge in [0.25, 0.3) is 0 Å². The Balaban J connectivity index is 2.03. The van der Waals surface area contributed by atoms with E-state index in [0.29, 0.717) is 6.42 Å². The molecule has 2 atom stereocenters. The second kappa shape index (κ2) is 7.82. The smallest absolute Gasteiger partial charge is 0.328 e. The summed E-state index contributed by atoms with van der Waals surface area (Å²) < 4.78 is 4.83. The number of ether oxygens (including phenoxy) is 1. The van der Waals surface area contributed by atoms with Crippen molar-refractivity contribution >= 4 is 12.0 Å². The predicted molar refractivity (Wildman–Crippen MR) is 84.5 cm³/mol. The summed E-state index contributed by atoms with van der Waals surface area (Å²) in [5.74, 6) is -0.415. The van der Waals surface area contributed by atoms with Crippen LogP contribution in [0.3, 0.4) is 0 Å². The van der Waals surface area contributed by atoms with Crippen molar-refractivity contribution in [2.24, 2.45) is 0 Å². The van der Waals surface area contributed by atoms with E-state index in [-0.39, 0.29) is 12.1 Å². The van der Waals surface area contributed by atoms with Gasteiger partial charge in [-0.2, -0.15) is 0 Å². The van der Waals surface area contributed by atoms with Crippen LogP contribution in [0.5, 0.6) is 0 Å². The number of likely N-dealkylation sites (tertiary alicyclic amines) is 1. The molecule has 0 saturated carbocycles. The van der Waals surface area contributed by atoms with Gasteiger partial charge in [0.2, 0.25) is 0 Å². The fourth-order valence-corrected chi connectivity index (χ4v) is 2.82. The van der Waals surface area contributed by atoms with Crippen molar-refractivity contribution in [3.8, 4) is 0 Å². The van der Waals surface area contributed by atoms with Crippen molar-refractivity contribution in [2.45, 2.75) is 44.7 Å². The molecule has 1 aromatic rings. The number of urea groups is 1. The predicted octanol–water partition coefficient (Wildman–Crippen LogP) is 2.35. The third-order valence-electron chi connectivity index (χ3n) is 4.13. The fraction of sp³-hybridized carbons (Fsp3) is 0.529. The van der Waals surface area contributed by atoms with E-state index < -0.39 is 12.0 Å². The summed E-state index contributed by atoms with van der Waals surface area (Å²) in [5.41, 5.74) is 0.991. The first-order valence-electron chi connectivity index (χ1n) is 7.80. The highest BCUT2D eigenvalue weighted by molar-refractivity contribution is 5.84. The number of piperidine rings is 1. The molecule has 0 bridgehead atoms. The first kappa shape index (κ1) is 16.3.